The first-order chi connectivity index (χ1) is 8.52. The number of rotatable bonds is 8. The van der Waals surface area contributed by atoms with Gasteiger partial charge < -0.3 is 5.32 Å². The second kappa shape index (κ2) is 7.23. The lowest BCUT2D eigenvalue weighted by atomic mass is 10.2. The Bertz CT molecular complexity index is 454. The Kier molecular flexibility index (Phi) is 6.28. The van der Waals surface area contributed by atoms with Gasteiger partial charge in [0.15, 0.2) is 0 Å². The van der Waals surface area contributed by atoms with Crippen LogP contribution in [-0.4, -0.2) is 33.4 Å². The standard InChI is InChI=1S/C12H22N2O2S2/c1-4-5-6-9-14(3)18(15,16)12-8-7-11(17-12)10-13-2/h7-8,13H,4-6,9-10H2,1-3H3. The van der Waals surface area contributed by atoms with Gasteiger partial charge in [-0.25, -0.2) is 12.7 Å². The van der Waals surface area contributed by atoms with E-state index in [0.29, 0.717) is 17.3 Å². The van der Waals surface area contributed by atoms with Gasteiger partial charge in [-0.15, -0.1) is 11.3 Å². The fourth-order valence-corrected chi connectivity index (χ4v) is 4.41. The van der Waals surface area contributed by atoms with Crippen LogP contribution in [0.5, 0.6) is 0 Å². The summed E-state index contributed by atoms with van der Waals surface area (Å²) in [7, 11) is 0.214. The maximum absolute atomic E-state index is 12.3. The quantitative estimate of drug-likeness (QED) is 0.747. The van der Waals surface area contributed by atoms with E-state index in [4.69, 9.17) is 0 Å². The molecule has 0 atom stereocenters. The summed E-state index contributed by atoms with van der Waals surface area (Å²) in [4.78, 5) is 1.04. The fraction of sp³-hybridized carbons (Fsp3) is 0.667. The number of sulfonamides is 1. The van der Waals surface area contributed by atoms with Gasteiger partial charge in [0.05, 0.1) is 0 Å². The summed E-state index contributed by atoms with van der Waals surface area (Å²) < 4.78 is 26.4. The van der Waals surface area contributed by atoms with E-state index in [2.05, 4.69) is 12.2 Å². The second-order valence-electron chi connectivity index (χ2n) is 4.28. The average Bonchev–Trinajstić information content (AvgIpc) is 2.79. The number of unbranched alkanes of at least 4 members (excludes halogenated alkanes) is 2. The zero-order valence-electron chi connectivity index (χ0n) is 11.3. The van der Waals surface area contributed by atoms with E-state index < -0.39 is 10.0 Å². The van der Waals surface area contributed by atoms with Crippen molar-refractivity contribution in [3.05, 3.63) is 17.0 Å². The molecule has 104 valence electrons. The van der Waals surface area contributed by atoms with Crippen molar-refractivity contribution in [2.75, 3.05) is 20.6 Å². The summed E-state index contributed by atoms with van der Waals surface area (Å²) in [5.74, 6) is 0. The molecule has 0 unspecified atom stereocenters. The van der Waals surface area contributed by atoms with Gasteiger partial charge in [0, 0.05) is 25.0 Å². The molecule has 0 aliphatic heterocycles. The highest BCUT2D eigenvalue weighted by molar-refractivity contribution is 7.91. The number of thiophene rings is 1. The fourth-order valence-electron chi connectivity index (χ4n) is 1.62. The summed E-state index contributed by atoms with van der Waals surface area (Å²) in [5, 5.41) is 3.02. The molecule has 0 spiro atoms. The molecule has 0 aliphatic carbocycles. The maximum Gasteiger partial charge on any atom is 0.252 e. The van der Waals surface area contributed by atoms with Crippen molar-refractivity contribution in [2.45, 2.75) is 36.9 Å². The zero-order valence-corrected chi connectivity index (χ0v) is 12.9. The Morgan fingerprint density at radius 3 is 2.67 bits per heavy atom. The smallest absolute Gasteiger partial charge is 0.252 e. The van der Waals surface area contributed by atoms with Crippen molar-refractivity contribution >= 4 is 21.4 Å². The second-order valence-corrected chi connectivity index (χ2v) is 7.72. The van der Waals surface area contributed by atoms with E-state index in [-0.39, 0.29) is 0 Å². The molecular weight excluding hydrogens is 268 g/mol. The number of nitrogens with zero attached hydrogens (tertiary/aromatic N) is 1. The molecule has 0 amide bonds. The minimum absolute atomic E-state index is 0.437. The summed E-state index contributed by atoms with van der Waals surface area (Å²) in [5.41, 5.74) is 0. The topological polar surface area (TPSA) is 49.4 Å². The lowest BCUT2D eigenvalue weighted by molar-refractivity contribution is 0.456. The Morgan fingerprint density at radius 2 is 2.06 bits per heavy atom. The van der Waals surface area contributed by atoms with Crippen LogP contribution in [0, 0.1) is 0 Å². The molecule has 6 heteroatoms. The molecule has 0 aliphatic rings. The van der Waals surface area contributed by atoms with Crippen molar-refractivity contribution in [3.8, 4) is 0 Å². The third-order valence-electron chi connectivity index (χ3n) is 2.73. The van der Waals surface area contributed by atoms with Crippen LogP contribution in [0.1, 0.15) is 31.1 Å². The number of nitrogens with one attached hydrogen (secondary N) is 1. The van der Waals surface area contributed by atoms with Crippen molar-refractivity contribution in [2.24, 2.45) is 0 Å². The lowest BCUT2D eigenvalue weighted by Crippen LogP contribution is -2.27. The molecule has 0 saturated carbocycles. The Morgan fingerprint density at radius 1 is 1.33 bits per heavy atom. The van der Waals surface area contributed by atoms with Crippen molar-refractivity contribution in [1.29, 1.82) is 0 Å². The largest absolute Gasteiger partial charge is 0.315 e. The third kappa shape index (κ3) is 4.05. The summed E-state index contributed by atoms with van der Waals surface area (Å²) in [6.45, 7) is 3.41. The van der Waals surface area contributed by atoms with E-state index in [1.165, 1.54) is 15.6 Å². The van der Waals surface area contributed by atoms with Gasteiger partial charge in [0.2, 0.25) is 0 Å². The molecule has 4 nitrogen and oxygen atoms in total. The Hall–Kier alpha value is -0.430. The normalized spacial score (nSPS) is 12.2. The maximum atomic E-state index is 12.3. The van der Waals surface area contributed by atoms with Gasteiger partial charge in [0.1, 0.15) is 4.21 Å². The van der Waals surface area contributed by atoms with Crippen LogP contribution in [0.25, 0.3) is 0 Å². The molecule has 1 rings (SSSR count). The van der Waals surface area contributed by atoms with Crippen LogP contribution in [0.3, 0.4) is 0 Å². The van der Waals surface area contributed by atoms with Crippen LogP contribution < -0.4 is 5.32 Å². The van der Waals surface area contributed by atoms with E-state index in [1.54, 1.807) is 13.1 Å². The summed E-state index contributed by atoms with van der Waals surface area (Å²) in [6.07, 6.45) is 3.08. The zero-order chi connectivity index (χ0) is 13.6. The summed E-state index contributed by atoms with van der Waals surface area (Å²) in [6, 6.07) is 3.57. The highest BCUT2D eigenvalue weighted by Gasteiger charge is 2.22. The van der Waals surface area contributed by atoms with E-state index in [9.17, 15) is 8.42 Å². The molecule has 0 bridgehead atoms. The Labute approximate surface area is 114 Å². The Balaban J connectivity index is 2.71. The van der Waals surface area contributed by atoms with Crippen molar-refractivity contribution in [3.63, 3.8) is 0 Å². The predicted octanol–water partition coefficient (Wildman–Crippen LogP) is 2.28. The van der Waals surface area contributed by atoms with Gasteiger partial charge in [-0.3, -0.25) is 0 Å². The minimum Gasteiger partial charge on any atom is -0.315 e. The van der Waals surface area contributed by atoms with Gasteiger partial charge in [-0.1, -0.05) is 19.8 Å². The summed E-state index contributed by atoms with van der Waals surface area (Å²) >= 11 is 1.34. The van der Waals surface area contributed by atoms with Crippen LogP contribution in [0.15, 0.2) is 16.3 Å². The molecule has 0 aromatic carbocycles. The van der Waals surface area contributed by atoms with Crippen LogP contribution in [0.4, 0.5) is 0 Å². The van der Waals surface area contributed by atoms with Gasteiger partial charge >= 0.3 is 0 Å². The number of hydrogen-bond acceptors (Lipinski definition) is 4. The molecule has 18 heavy (non-hydrogen) atoms. The van der Waals surface area contributed by atoms with Crippen molar-refractivity contribution in [1.82, 2.24) is 9.62 Å². The van der Waals surface area contributed by atoms with Gasteiger partial charge in [0.25, 0.3) is 10.0 Å². The molecule has 1 heterocycles. The minimum atomic E-state index is -3.29. The molecule has 1 N–H and O–H groups in total. The van der Waals surface area contributed by atoms with Gasteiger partial charge in [-0.05, 0) is 25.6 Å². The first kappa shape index (κ1) is 15.6. The van der Waals surface area contributed by atoms with E-state index >= 15 is 0 Å². The average molecular weight is 290 g/mol. The molecule has 1 aromatic rings. The van der Waals surface area contributed by atoms with Crippen LogP contribution in [0.2, 0.25) is 0 Å². The molecule has 0 saturated heterocycles. The first-order valence-electron chi connectivity index (χ1n) is 6.22. The van der Waals surface area contributed by atoms with Crippen molar-refractivity contribution < 1.29 is 8.42 Å². The highest BCUT2D eigenvalue weighted by atomic mass is 32.2. The molecule has 1 aromatic heterocycles. The SMILES string of the molecule is CCCCCN(C)S(=O)(=O)c1ccc(CNC)s1. The van der Waals surface area contributed by atoms with Crippen LogP contribution in [-0.2, 0) is 16.6 Å². The molecule has 0 fully saturated rings. The highest BCUT2D eigenvalue weighted by Crippen LogP contribution is 2.24. The molecular formula is C12H22N2O2S2. The van der Waals surface area contributed by atoms with E-state index in [0.717, 1.165) is 24.1 Å². The monoisotopic (exact) mass is 290 g/mol. The lowest BCUT2D eigenvalue weighted by Gasteiger charge is -2.15. The van der Waals surface area contributed by atoms with E-state index in [1.807, 2.05) is 13.1 Å². The first-order valence-corrected chi connectivity index (χ1v) is 8.47. The number of hydrogen-bond donors (Lipinski definition) is 1. The predicted molar refractivity (Wildman–Crippen MR) is 76.4 cm³/mol. The molecule has 0 radical (unpaired) electrons. The van der Waals surface area contributed by atoms with Gasteiger partial charge in [-0.2, -0.15) is 0 Å². The van der Waals surface area contributed by atoms with Crippen LogP contribution >= 0.6 is 11.3 Å². The third-order valence-corrected chi connectivity index (χ3v) is 6.14.